The third-order valence-electron chi connectivity index (χ3n) is 4.41. The van der Waals surface area contributed by atoms with Gasteiger partial charge in [-0.3, -0.25) is 0 Å². The van der Waals surface area contributed by atoms with E-state index in [2.05, 4.69) is 21.4 Å². The van der Waals surface area contributed by atoms with Crippen LogP contribution in [-0.2, 0) is 0 Å². The van der Waals surface area contributed by atoms with E-state index in [0.717, 1.165) is 11.4 Å². The van der Waals surface area contributed by atoms with E-state index in [9.17, 15) is 10.4 Å². The molecule has 0 aliphatic rings. The van der Waals surface area contributed by atoms with E-state index >= 15 is 0 Å². The number of nitrogens with one attached hydrogen (secondary N) is 1. The maximum Gasteiger partial charge on any atom is 0.229 e. The van der Waals surface area contributed by atoms with Gasteiger partial charge in [-0.1, -0.05) is 11.6 Å². The summed E-state index contributed by atoms with van der Waals surface area (Å²) in [6, 6.07) is 18.4. The predicted molar refractivity (Wildman–Crippen MR) is 126 cm³/mol. The van der Waals surface area contributed by atoms with Crippen LogP contribution in [0.2, 0.25) is 5.02 Å². The van der Waals surface area contributed by atoms with Crippen molar-refractivity contribution in [2.75, 3.05) is 44.0 Å². The number of aliphatic hydroxyl groups excluding tert-OH is 1. The molecule has 9 heteroatoms. The van der Waals surface area contributed by atoms with Crippen LogP contribution in [0.25, 0.3) is 0 Å². The molecule has 0 radical (unpaired) electrons. The lowest BCUT2D eigenvalue weighted by molar-refractivity contribution is 0.0831. The Hall–Kier alpha value is -3.38. The van der Waals surface area contributed by atoms with E-state index in [1.807, 2.05) is 55.4 Å². The molecule has 1 aromatic heterocycles. The van der Waals surface area contributed by atoms with Crippen LogP contribution in [0.15, 0.2) is 60.8 Å². The molecule has 166 valence electrons. The number of hydrogen-bond donors (Lipinski definition) is 2. The second-order valence-corrected chi connectivity index (χ2v) is 7.77. The first-order valence-corrected chi connectivity index (χ1v) is 10.4. The molecule has 1 heterocycles. The molecule has 1 atom stereocenters. The fourth-order valence-corrected chi connectivity index (χ4v) is 3.11. The van der Waals surface area contributed by atoms with Gasteiger partial charge in [0.25, 0.3) is 0 Å². The second kappa shape index (κ2) is 11.3. The van der Waals surface area contributed by atoms with Gasteiger partial charge in [0.05, 0.1) is 6.07 Å². The van der Waals surface area contributed by atoms with Crippen LogP contribution in [0.3, 0.4) is 0 Å². The van der Waals surface area contributed by atoms with Crippen LogP contribution in [0.1, 0.15) is 0 Å². The third kappa shape index (κ3) is 6.82. The Kier molecular flexibility index (Phi) is 8.22. The molecule has 32 heavy (non-hydrogen) atoms. The highest BCUT2D eigenvalue weighted by Gasteiger charge is 2.12. The van der Waals surface area contributed by atoms with Gasteiger partial charge >= 0.3 is 0 Å². The Balaban J connectivity index is 1.67. The largest absolute Gasteiger partial charge is 0.491 e. The normalized spacial score (nSPS) is 11.6. The highest BCUT2D eigenvalue weighted by Crippen LogP contribution is 2.26. The molecule has 0 fully saturated rings. The molecular formula is C23H25ClN6O2. The predicted octanol–water partition coefficient (Wildman–Crippen LogP) is 3.84. The number of nitriles is 1. The number of ether oxygens (including phenoxy) is 1. The van der Waals surface area contributed by atoms with Crippen molar-refractivity contribution in [3.8, 4) is 11.8 Å². The van der Waals surface area contributed by atoms with Gasteiger partial charge in [0.1, 0.15) is 30.8 Å². The van der Waals surface area contributed by atoms with E-state index in [0.29, 0.717) is 29.1 Å². The Bertz CT molecular complexity index is 1040. The minimum atomic E-state index is -0.559. The van der Waals surface area contributed by atoms with Crippen molar-refractivity contribution in [3.05, 3.63) is 65.8 Å². The average molecular weight is 453 g/mol. The van der Waals surface area contributed by atoms with Gasteiger partial charge in [0.2, 0.25) is 5.95 Å². The standard InChI is InChI=1S/C23H25ClN6O2/c1-29(2)15-20(31)16-32-21-9-5-18(6-10-21)27-23-26-13-11-22(28-23)30(14-12-25)19-7-3-17(24)4-8-19/h3-11,13,20,31H,14-16H2,1-2H3,(H,26,27,28). The number of likely N-dealkylation sites (N-methyl/N-ethyl adjacent to an activating group) is 1. The molecule has 0 spiro atoms. The number of rotatable bonds is 10. The van der Waals surface area contributed by atoms with Gasteiger partial charge in [-0.15, -0.1) is 0 Å². The lowest BCUT2D eigenvalue weighted by Crippen LogP contribution is -2.30. The molecule has 3 aromatic rings. The zero-order valence-corrected chi connectivity index (χ0v) is 18.7. The lowest BCUT2D eigenvalue weighted by Gasteiger charge is -2.21. The van der Waals surface area contributed by atoms with Crippen LogP contribution in [0, 0.1) is 11.3 Å². The Morgan fingerprint density at radius 3 is 2.50 bits per heavy atom. The molecule has 0 saturated heterocycles. The summed E-state index contributed by atoms with van der Waals surface area (Å²) < 4.78 is 5.63. The summed E-state index contributed by atoms with van der Waals surface area (Å²) in [5.41, 5.74) is 1.58. The maximum absolute atomic E-state index is 9.91. The van der Waals surface area contributed by atoms with Crippen molar-refractivity contribution in [3.63, 3.8) is 0 Å². The monoisotopic (exact) mass is 452 g/mol. The zero-order valence-electron chi connectivity index (χ0n) is 17.9. The summed E-state index contributed by atoms with van der Waals surface area (Å²) in [6.07, 6.45) is 1.07. The first-order chi connectivity index (χ1) is 15.4. The number of halogens is 1. The van der Waals surface area contributed by atoms with E-state index in [-0.39, 0.29) is 13.2 Å². The SMILES string of the molecule is CN(C)CC(O)COc1ccc(Nc2nccc(N(CC#N)c3ccc(Cl)cc3)n2)cc1. The van der Waals surface area contributed by atoms with Gasteiger partial charge in [0.15, 0.2) is 0 Å². The molecule has 0 bridgehead atoms. The number of hydrogen-bond acceptors (Lipinski definition) is 8. The number of aliphatic hydroxyl groups is 1. The molecule has 1 unspecified atom stereocenters. The van der Waals surface area contributed by atoms with Crippen molar-refractivity contribution in [1.29, 1.82) is 5.26 Å². The number of benzene rings is 2. The fraction of sp³-hybridized carbons (Fsp3) is 0.261. The summed E-state index contributed by atoms with van der Waals surface area (Å²) in [4.78, 5) is 12.5. The first-order valence-electron chi connectivity index (χ1n) is 10.0. The topological polar surface area (TPSA) is 97.5 Å². The van der Waals surface area contributed by atoms with Crippen LogP contribution < -0.4 is 15.0 Å². The molecule has 3 rings (SSSR count). The van der Waals surface area contributed by atoms with Crippen LogP contribution in [0.5, 0.6) is 5.75 Å². The first kappa shape index (κ1) is 23.3. The quantitative estimate of drug-likeness (QED) is 0.448. The molecular weight excluding hydrogens is 428 g/mol. The summed E-state index contributed by atoms with van der Waals surface area (Å²) in [7, 11) is 3.80. The summed E-state index contributed by atoms with van der Waals surface area (Å²) in [6.45, 7) is 0.880. The summed E-state index contributed by atoms with van der Waals surface area (Å²) in [5.74, 6) is 1.64. The number of aromatic nitrogens is 2. The highest BCUT2D eigenvalue weighted by molar-refractivity contribution is 6.30. The van der Waals surface area contributed by atoms with Gasteiger partial charge in [0, 0.05) is 29.1 Å². The van der Waals surface area contributed by atoms with Gasteiger partial charge < -0.3 is 25.0 Å². The smallest absolute Gasteiger partial charge is 0.229 e. The van der Waals surface area contributed by atoms with E-state index in [1.54, 1.807) is 29.3 Å². The molecule has 8 nitrogen and oxygen atoms in total. The minimum absolute atomic E-state index is 0.129. The Labute approximate surface area is 192 Å². The molecule has 0 aliphatic heterocycles. The number of nitrogens with zero attached hydrogens (tertiary/aromatic N) is 5. The molecule has 0 saturated carbocycles. The van der Waals surface area contributed by atoms with Crippen molar-refractivity contribution in [2.24, 2.45) is 0 Å². The Morgan fingerprint density at radius 2 is 1.84 bits per heavy atom. The van der Waals surface area contributed by atoms with E-state index < -0.39 is 6.10 Å². The third-order valence-corrected chi connectivity index (χ3v) is 4.67. The Morgan fingerprint density at radius 1 is 1.12 bits per heavy atom. The van der Waals surface area contributed by atoms with Crippen molar-refractivity contribution >= 4 is 34.7 Å². The van der Waals surface area contributed by atoms with Crippen molar-refractivity contribution in [2.45, 2.75) is 6.10 Å². The molecule has 0 aliphatic carbocycles. The molecule has 2 aromatic carbocycles. The summed E-state index contributed by atoms with van der Waals surface area (Å²) in [5, 5.41) is 22.9. The zero-order chi connectivity index (χ0) is 22.9. The van der Waals surface area contributed by atoms with Gasteiger partial charge in [-0.2, -0.15) is 10.2 Å². The second-order valence-electron chi connectivity index (χ2n) is 7.34. The lowest BCUT2D eigenvalue weighted by atomic mass is 10.3. The van der Waals surface area contributed by atoms with Crippen molar-refractivity contribution < 1.29 is 9.84 Å². The van der Waals surface area contributed by atoms with Crippen LogP contribution in [0.4, 0.5) is 23.1 Å². The average Bonchev–Trinajstić information content (AvgIpc) is 2.77. The highest BCUT2D eigenvalue weighted by atomic mass is 35.5. The fourth-order valence-electron chi connectivity index (χ4n) is 2.99. The maximum atomic E-state index is 9.91. The van der Waals surface area contributed by atoms with Crippen molar-refractivity contribution in [1.82, 2.24) is 14.9 Å². The van der Waals surface area contributed by atoms with Gasteiger partial charge in [-0.05, 0) is 68.7 Å². The van der Waals surface area contributed by atoms with Gasteiger partial charge in [-0.25, -0.2) is 4.98 Å². The van der Waals surface area contributed by atoms with E-state index in [4.69, 9.17) is 16.3 Å². The summed E-state index contributed by atoms with van der Waals surface area (Å²) >= 11 is 5.98. The molecule has 2 N–H and O–H groups in total. The van der Waals surface area contributed by atoms with Crippen LogP contribution in [-0.4, -0.2) is 59.9 Å². The molecule has 0 amide bonds. The number of anilines is 4. The van der Waals surface area contributed by atoms with Crippen LogP contribution >= 0.6 is 11.6 Å². The van der Waals surface area contributed by atoms with E-state index in [1.165, 1.54) is 0 Å². The minimum Gasteiger partial charge on any atom is -0.491 e.